The number of para-hydroxylation sites is 1. The van der Waals surface area contributed by atoms with Gasteiger partial charge in [-0.25, -0.2) is 4.99 Å². The van der Waals surface area contributed by atoms with E-state index < -0.39 is 0 Å². The highest BCUT2D eigenvalue weighted by Gasteiger charge is 2.33. The number of hydrogen-bond donors (Lipinski definition) is 0. The van der Waals surface area contributed by atoms with Gasteiger partial charge in [-0.15, -0.1) is 0 Å². The Hall–Kier alpha value is -4.24. The van der Waals surface area contributed by atoms with Crippen LogP contribution in [-0.2, 0) is 22.6 Å². The molecule has 0 N–H and O–H groups in total. The average Bonchev–Trinajstić information content (AvgIpc) is 3.29. The molecule has 0 saturated carbocycles. The lowest BCUT2D eigenvalue weighted by atomic mass is 10.00. The molecule has 39 heavy (non-hydrogen) atoms. The van der Waals surface area contributed by atoms with E-state index in [2.05, 4.69) is 17.1 Å². The third-order valence-corrected chi connectivity index (χ3v) is 7.60. The van der Waals surface area contributed by atoms with E-state index in [1.807, 2.05) is 47.4 Å². The van der Waals surface area contributed by atoms with E-state index in [0.717, 1.165) is 6.42 Å². The summed E-state index contributed by atoms with van der Waals surface area (Å²) in [6.07, 6.45) is 2.50. The van der Waals surface area contributed by atoms with Crippen LogP contribution in [0.2, 0.25) is 0 Å². The van der Waals surface area contributed by atoms with Gasteiger partial charge in [0.1, 0.15) is 5.70 Å². The Bertz CT molecular complexity index is 1450. The van der Waals surface area contributed by atoms with Gasteiger partial charge >= 0.3 is 0 Å². The highest BCUT2D eigenvalue weighted by atomic mass is 32.2. The Morgan fingerprint density at radius 3 is 2.36 bits per heavy atom. The summed E-state index contributed by atoms with van der Waals surface area (Å²) in [4.78, 5) is 34.9. The predicted octanol–water partition coefficient (Wildman–Crippen LogP) is 4.77. The Morgan fingerprint density at radius 1 is 0.923 bits per heavy atom. The number of fused-ring (bicyclic) bond motifs is 1. The van der Waals surface area contributed by atoms with Crippen molar-refractivity contribution in [2.24, 2.45) is 4.99 Å². The first-order valence-electron chi connectivity index (χ1n) is 12.5. The molecule has 0 spiro atoms. The summed E-state index contributed by atoms with van der Waals surface area (Å²) in [7, 11) is 4.60. The minimum Gasteiger partial charge on any atom is -0.493 e. The number of methoxy groups -OCH3 is 3. The predicted molar refractivity (Wildman–Crippen MR) is 153 cm³/mol. The third kappa shape index (κ3) is 5.35. The molecule has 0 aromatic heterocycles. The number of hydrogen-bond acceptors (Lipinski definition) is 7. The molecule has 0 atom stereocenters. The molecule has 200 valence electrons. The molecule has 0 radical (unpaired) electrons. The van der Waals surface area contributed by atoms with Crippen molar-refractivity contribution in [2.45, 2.75) is 13.0 Å². The topological polar surface area (TPSA) is 80.7 Å². The molecule has 2 amide bonds. The molecule has 0 fully saturated rings. The SMILES string of the molecule is COc1ccc(/C=C2\N=C(SCC(=O)N3CCc4ccccc4C3)N(c3ccccc3)C2=O)c(OC)c1OC. The quantitative estimate of drug-likeness (QED) is 0.399. The minimum atomic E-state index is -0.292. The highest BCUT2D eigenvalue weighted by molar-refractivity contribution is 8.14. The molecule has 9 heteroatoms. The number of nitrogens with zero attached hydrogens (tertiary/aromatic N) is 3. The van der Waals surface area contributed by atoms with Crippen LogP contribution in [-0.4, -0.2) is 55.5 Å². The van der Waals surface area contributed by atoms with Crippen LogP contribution in [0, 0.1) is 0 Å². The van der Waals surface area contributed by atoms with Gasteiger partial charge < -0.3 is 19.1 Å². The van der Waals surface area contributed by atoms with Gasteiger partial charge in [0.05, 0.1) is 32.8 Å². The molecular weight excluding hydrogens is 514 g/mol. The van der Waals surface area contributed by atoms with Crippen molar-refractivity contribution < 1.29 is 23.8 Å². The normalized spacial score (nSPS) is 15.7. The minimum absolute atomic E-state index is 0.0108. The van der Waals surface area contributed by atoms with E-state index >= 15 is 0 Å². The molecular formula is C30H29N3O5S. The Kier molecular flexibility index (Phi) is 7.88. The number of aliphatic imine (C=N–C) groups is 1. The van der Waals surface area contributed by atoms with Crippen molar-refractivity contribution in [1.82, 2.24) is 4.90 Å². The summed E-state index contributed by atoms with van der Waals surface area (Å²) >= 11 is 1.26. The van der Waals surface area contributed by atoms with E-state index in [1.54, 1.807) is 30.2 Å². The lowest BCUT2D eigenvalue weighted by Gasteiger charge is -2.29. The number of carbonyl (C=O) groups is 2. The van der Waals surface area contributed by atoms with Gasteiger partial charge in [0.2, 0.25) is 11.7 Å². The number of carbonyl (C=O) groups excluding carboxylic acids is 2. The van der Waals surface area contributed by atoms with Crippen molar-refractivity contribution in [3.63, 3.8) is 0 Å². The first-order chi connectivity index (χ1) is 19.0. The van der Waals surface area contributed by atoms with Gasteiger partial charge in [-0.1, -0.05) is 54.2 Å². The van der Waals surface area contributed by atoms with E-state index in [0.29, 0.717) is 46.8 Å². The zero-order valence-corrected chi connectivity index (χ0v) is 22.9. The molecule has 0 bridgehead atoms. The number of ether oxygens (including phenoxy) is 3. The van der Waals surface area contributed by atoms with Crippen LogP contribution < -0.4 is 19.1 Å². The molecule has 0 aliphatic carbocycles. The standard InChI is InChI=1S/C30H29N3O5S/c1-36-25-14-13-21(27(37-2)28(25)38-3)17-24-29(35)33(23-11-5-4-6-12-23)30(31-24)39-19-26(34)32-16-15-20-9-7-8-10-22(20)18-32/h4-14,17H,15-16,18-19H2,1-3H3/b24-17-. The second-order valence-corrected chi connectivity index (χ2v) is 9.89. The number of amidine groups is 1. The maximum absolute atomic E-state index is 13.6. The average molecular weight is 544 g/mol. The van der Waals surface area contributed by atoms with Gasteiger partial charge in [-0.2, -0.15) is 0 Å². The molecule has 2 aliphatic rings. The van der Waals surface area contributed by atoms with Crippen LogP contribution in [0.1, 0.15) is 16.7 Å². The van der Waals surface area contributed by atoms with Gasteiger partial charge in [0.15, 0.2) is 16.7 Å². The zero-order chi connectivity index (χ0) is 27.4. The Labute approximate surface area is 231 Å². The molecule has 8 nitrogen and oxygen atoms in total. The van der Waals surface area contributed by atoms with Crippen LogP contribution >= 0.6 is 11.8 Å². The monoisotopic (exact) mass is 543 g/mol. The highest BCUT2D eigenvalue weighted by Crippen LogP contribution is 2.41. The molecule has 3 aromatic rings. The second-order valence-electron chi connectivity index (χ2n) is 8.95. The number of anilines is 1. The van der Waals surface area contributed by atoms with Crippen LogP contribution in [0.4, 0.5) is 5.69 Å². The lowest BCUT2D eigenvalue weighted by molar-refractivity contribution is -0.129. The van der Waals surface area contributed by atoms with E-state index in [-0.39, 0.29) is 23.3 Å². The van der Waals surface area contributed by atoms with Crippen molar-refractivity contribution >= 4 is 40.5 Å². The number of rotatable bonds is 7. The maximum atomic E-state index is 13.6. The third-order valence-electron chi connectivity index (χ3n) is 6.68. The first kappa shape index (κ1) is 26.4. The lowest BCUT2D eigenvalue weighted by Crippen LogP contribution is -2.38. The van der Waals surface area contributed by atoms with Crippen molar-refractivity contribution in [3.05, 3.63) is 89.1 Å². The van der Waals surface area contributed by atoms with Crippen LogP contribution in [0.15, 0.2) is 77.4 Å². The molecule has 0 saturated heterocycles. The fourth-order valence-electron chi connectivity index (χ4n) is 4.71. The Balaban J connectivity index is 1.42. The number of thioether (sulfide) groups is 1. The van der Waals surface area contributed by atoms with E-state index in [9.17, 15) is 9.59 Å². The van der Waals surface area contributed by atoms with Crippen LogP contribution in [0.3, 0.4) is 0 Å². The number of amides is 2. The largest absolute Gasteiger partial charge is 0.493 e. The summed E-state index contributed by atoms with van der Waals surface area (Å²) in [5.41, 5.74) is 3.98. The van der Waals surface area contributed by atoms with Crippen LogP contribution in [0.5, 0.6) is 17.2 Å². The summed E-state index contributed by atoms with van der Waals surface area (Å²) in [6, 6.07) is 21.0. The molecule has 5 rings (SSSR count). The second kappa shape index (κ2) is 11.7. The smallest absolute Gasteiger partial charge is 0.283 e. The van der Waals surface area contributed by atoms with Gasteiger partial charge in [0, 0.05) is 18.7 Å². The van der Waals surface area contributed by atoms with Crippen molar-refractivity contribution in [2.75, 3.05) is 38.5 Å². The van der Waals surface area contributed by atoms with Crippen LogP contribution in [0.25, 0.3) is 6.08 Å². The maximum Gasteiger partial charge on any atom is 0.283 e. The number of benzene rings is 3. The van der Waals surface area contributed by atoms with Gasteiger partial charge in [-0.05, 0) is 47.9 Å². The molecule has 0 unspecified atom stereocenters. The zero-order valence-electron chi connectivity index (χ0n) is 22.0. The molecule has 3 aromatic carbocycles. The summed E-state index contributed by atoms with van der Waals surface area (Å²) in [6.45, 7) is 1.27. The summed E-state index contributed by atoms with van der Waals surface area (Å²) < 4.78 is 16.4. The molecule has 2 heterocycles. The van der Waals surface area contributed by atoms with E-state index in [1.165, 1.54) is 37.1 Å². The van der Waals surface area contributed by atoms with Gasteiger partial charge in [-0.3, -0.25) is 14.5 Å². The Morgan fingerprint density at radius 2 is 1.64 bits per heavy atom. The van der Waals surface area contributed by atoms with Gasteiger partial charge in [0.25, 0.3) is 5.91 Å². The van der Waals surface area contributed by atoms with E-state index in [4.69, 9.17) is 14.2 Å². The fraction of sp³-hybridized carbons (Fsp3) is 0.233. The summed E-state index contributed by atoms with van der Waals surface area (Å²) in [5, 5.41) is 0.447. The first-order valence-corrected chi connectivity index (χ1v) is 13.5. The van der Waals surface area contributed by atoms with Crippen molar-refractivity contribution in [1.29, 1.82) is 0 Å². The molecule has 2 aliphatic heterocycles. The fourth-order valence-corrected chi connectivity index (χ4v) is 5.62. The van der Waals surface area contributed by atoms with Crippen molar-refractivity contribution in [3.8, 4) is 17.2 Å². The summed E-state index contributed by atoms with van der Waals surface area (Å²) in [5.74, 6) is 1.26.